The van der Waals surface area contributed by atoms with Gasteiger partial charge in [-0.15, -0.1) is 22.7 Å². The van der Waals surface area contributed by atoms with Crippen molar-refractivity contribution in [2.24, 2.45) is 0 Å². The SMILES string of the molecule is CCCOC(=O)c1c(NC(=O)C=Cc2cccs2)sc2c1CCCC2. The minimum Gasteiger partial charge on any atom is -0.462 e. The number of esters is 1. The Kier molecular flexibility index (Phi) is 6.04. The Morgan fingerprint density at radius 2 is 2.16 bits per heavy atom. The van der Waals surface area contributed by atoms with Crippen LogP contribution in [0.25, 0.3) is 6.08 Å². The molecule has 0 fully saturated rings. The number of hydrogen-bond acceptors (Lipinski definition) is 5. The number of amides is 1. The molecule has 2 aromatic heterocycles. The minimum absolute atomic E-state index is 0.225. The van der Waals surface area contributed by atoms with E-state index in [1.165, 1.54) is 22.3 Å². The third kappa shape index (κ3) is 4.38. The lowest BCUT2D eigenvalue weighted by atomic mass is 9.95. The first-order chi connectivity index (χ1) is 12.2. The van der Waals surface area contributed by atoms with Crippen LogP contribution >= 0.6 is 22.7 Å². The second-order valence-electron chi connectivity index (χ2n) is 5.89. The highest BCUT2D eigenvalue weighted by atomic mass is 32.1. The summed E-state index contributed by atoms with van der Waals surface area (Å²) in [5.74, 6) is -0.546. The van der Waals surface area contributed by atoms with E-state index < -0.39 is 0 Å². The van der Waals surface area contributed by atoms with Crippen molar-refractivity contribution < 1.29 is 14.3 Å². The molecule has 3 rings (SSSR count). The van der Waals surface area contributed by atoms with Gasteiger partial charge in [-0.2, -0.15) is 0 Å². The smallest absolute Gasteiger partial charge is 0.341 e. The van der Waals surface area contributed by atoms with Crippen molar-refractivity contribution in [1.29, 1.82) is 0 Å². The Balaban J connectivity index is 1.80. The molecule has 6 heteroatoms. The third-order valence-corrected chi connectivity index (χ3v) is 6.04. The molecule has 0 atom stereocenters. The van der Waals surface area contributed by atoms with Crippen LogP contribution in [-0.4, -0.2) is 18.5 Å². The van der Waals surface area contributed by atoms with Crippen molar-refractivity contribution in [1.82, 2.24) is 0 Å². The predicted octanol–water partition coefficient (Wildman–Crippen LogP) is 4.91. The van der Waals surface area contributed by atoms with Crippen molar-refractivity contribution >= 4 is 45.6 Å². The van der Waals surface area contributed by atoms with Crippen LogP contribution in [-0.2, 0) is 22.4 Å². The Bertz CT molecular complexity index is 775. The monoisotopic (exact) mass is 375 g/mol. The van der Waals surface area contributed by atoms with Crippen molar-refractivity contribution in [2.45, 2.75) is 39.0 Å². The summed E-state index contributed by atoms with van der Waals surface area (Å²) in [5.41, 5.74) is 1.63. The zero-order valence-electron chi connectivity index (χ0n) is 14.2. The van der Waals surface area contributed by atoms with Crippen LogP contribution in [0.5, 0.6) is 0 Å². The summed E-state index contributed by atoms with van der Waals surface area (Å²) < 4.78 is 5.34. The molecule has 1 N–H and O–H groups in total. The van der Waals surface area contributed by atoms with E-state index in [0.29, 0.717) is 17.2 Å². The summed E-state index contributed by atoms with van der Waals surface area (Å²) in [6, 6.07) is 3.89. The van der Waals surface area contributed by atoms with Gasteiger partial charge < -0.3 is 10.1 Å². The molecule has 2 heterocycles. The molecule has 0 unspecified atom stereocenters. The van der Waals surface area contributed by atoms with Gasteiger partial charge in [-0.1, -0.05) is 13.0 Å². The molecular weight excluding hydrogens is 354 g/mol. The molecule has 2 aromatic rings. The first-order valence-electron chi connectivity index (χ1n) is 8.53. The summed E-state index contributed by atoms with van der Waals surface area (Å²) in [7, 11) is 0. The Hall–Kier alpha value is -1.92. The highest BCUT2D eigenvalue weighted by molar-refractivity contribution is 7.17. The highest BCUT2D eigenvalue weighted by Gasteiger charge is 2.27. The lowest BCUT2D eigenvalue weighted by Gasteiger charge is -2.12. The Morgan fingerprint density at radius 1 is 1.32 bits per heavy atom. The van der Waals surface area contributed by atoms with Gasteiger partial charge in [-0.3, -0.25) is 4.79 Å². The van der Waals surface area contributed by atoms with E-state index >= 15 is 0 Å². The molecule has 0 saturated heterocycles. The third-order valence-electron chi connectivity index (χ3n) is 3.99. The number of nitrogens with one attached hydrogen (secondary N) is 1. The lowest BCUT2D eigenvalue weighted by Crippen LogP contribution is -2.14. The fourth-order valence-electron chi connectivity index (χ4n) is 2.83. The van der Waals surface area contributed by atoms with Gasteiger partial charge in [0.1, 0.15) is 5.00 Å². The van der Waals surface area contributed by atoms with E-state index in [4.69, 9.17) is 4.74 Å². The van der Waals surface area contributed by atoms with Crippen LogP contribution in [0.15, 0.2) is 23.6 Å². The summed E-state index contributed by atoms with van der Waals surface area (Å²) in [5, 5.41) is 5.47. The Morgan fingerprint density at radius 3 is 2.92 bits per heavy atom. The molecule has 4 nitrogen and oxygen atoms in total. The van der Waals surface area contributed by atoms with Crippen LogP contribution in [0.2, 0.25) is 0 Å². The number of anilines is 1. The van der Waals surface area contributed by atoms with Crippen LogP contribution < -0.4 is 5.32 Å². The molecule has 0 bridgehead atoms. The largest absolute Gasteiger partial charge is 0.462 e. The van der Waals surface area contributed by atoms with Crippen molar-refractivity contribution in [2.75, 3.05) is 11.9 Å². The van der Waals surface area contributed by atoms with Crippen molar-refractivity contribution in [3.63, 3.8) is 0 Å². The predicted molar refractivity (Wildman–Crippen MR) is 104 cm³/mol. The van der Waals surface area contributed by atoms with E-state index in [0.717, 1.165) is 42.5 Å². The zero-order chi connectivity index (χ0) is 17.6. The fourth-order valence-corrected chi connectivity index (χ4v) is 4.73. The lowest BCUT2D eigenvalue weighted by molar-refractivity contribution is -0.111. The van der Waals surface area contributed by atoms with E-state index in [9.17, 15) is 9.59 Å². The molecule has 0 spiro atoms. The zero-order valence-corrected chi connectivity index (χ0v) is 15.8. The van der Waals surface area contributed by atoms with Gasteiger partial charge in [-0.25, -0.2) is 4.79 Å². The molecule has 0 saturated carbocycles. The van der Waals surface area contributed by atoms with Crippen LogP contribution in [0, 0.1) is 0 Å². The number of rotatable bonds is 6. The topological polar surface area (TPSA) is 55.4 Å². The van der Waals surface area contributed by atoms with Gasteiger partial charge in [-0.05, 0) is 55.2 Å². The number of carbonyl (C=O) groups is 2. The number of aryl methyl sites for hydroxylation is 1. The number of thiophene rings is 2. The Labute approximate surface area is 155 Å². The number of hydrogen-bond donors (Lipinski definition) is 1. The molecular formula is C19H21NO3S2. The fraction of sp³-hybridized carbons (Fsp3) is 0.368. The molecule has 0 aromatic carbocycles. The van der Waals surface area contributed by atoms with Gasteiger partial charge in [0.25, 0.3) is 0 Å². The van der Waals surface area contributed by atoms with Crippen molar-refractivity contribution in [3.8, 4) is 0 Å². The first kappa shape index (κ1) is 17.9. The molecule has 0 aliphatic heterocycles. The second-order valence-corrected chi connectivity index (χ2v) is 7.97. The van der Waals surface area contributed by atoms with E-state index in [2.05, 4.69) is 5.32 Å². The summed E-state index contributed by atoms with van der Waals surface area (Å²) >= 11 is 3.08. The molecule has 25 heavy (non-hydrogen) atoms. The van der Waals surface area contributed by atoms with Crippen LogP contribution in [0.4, 0.5) is 5.00 Å². The molecule has 1 amide bonds. The van der Waals surface area contributed by atoms with Gasteiger partial charge in [0.2, 0.25) is 5.91 Å². The van der Waals surface area contributed by atoms with Crippen LogP contribution in [0.3, 0.4) is 0 Å². The van der Waals surface area contributed by atoms with E-state index in [1.54, 1.807) is 17.4 Å². The van der Waals surface area contributed by atoms with E-state index in [1.807, 2.05) is 24.4 Å². The second kappa shape index (κ2) is 8.45. The quantitative estimate of drug-likeness (QED) is 0.577. The normalized spacial score (nSPS) is 13.6. The van der Waals surface area contributed by atoms with Gasteiger partial charge in [0.05, 0.1) is 12.2 Å². The maximum absolute atomic E-state index is 12.5. The standard InChI is InChI=1S/C19H21NO3S2/c1-2-11-23-19(22)17-14-7-3-4-8-15(14)25-18(17)20-16(21)10-9-13-6-5-12-24-13/h5-6,9-10,12H,2-4,7-8,11H2,1H3,(H,20,21). The summed E-state index contributed by atoms with van der Waals surface area (Å²) in [6.45, 7) is 2.36. The molecule has 1 aliphatic carbocycles. The number of carbonyl (C=O) groups excluding carboxylic acids is 2. The van der Waals surface area contributed by atoms with Gasteiger partial charge in [0, 0.05) is 15.8 Å². The summed E-state index contributed by atoms with van der Waals surface area (Å²) in [4.78, 5) is 27.0. The minimum atomic E-state index is -0.321. The first-order valence-corrected chi connectivity index (χ1v) is 10.2. The highest BCUT2D eigenvalue weighted by Crippen LogP contribution is 2.38. The van der Waals surface area contributed by atoms with Gasteiger partial charge >= 0.3 is 5.97 Å². The van der Waals surface area contributed by atoms with Crippen molar-refractivity contribution in [3.05, 3.63) is 44.5 Å². The molecule has 0 radical (unpaired) electrons. The van der Waals surface area contributed by atoms with E-state index in [-0.39, 0.29) is 11.9 Å². The van der Waals surface area contributed by atoms with Gasteiger partial charge in [0.15, 0.2) is 0 Å². The summed E-state index contributed by atoms with van der Waals surface area (Å²) in [6.07, 6.45) is 8.11. The van der Waals surface area contributed by atoms with Crippen LogP contribution in [0.1, 0.15) is 51.9 Å². The maximum atomic E-state index is 12.5. The molecule has 1 aliphatic rings. The maximum Gasteiger partial charge on any atom is 0.341 e. The average Bonchev–Trinajstić information content (AvgIpc) is 3.25. The molecule has 132 valence electrons. The number of fused-ring (bicyclic) bond motifs is 1. The number of ether oxygens (including phenoxy) is 1. The average molecular weight is 376 g/mol.